The highest BCUT2D eigenvalue weighted by Crippen LogP contribution is 2.27. The Morgan fingerprint density at radius 1 is 1.33 bits per heavy atom. The van der Waals surface area contributed by atoms with Crippen LogP contribution in [-0.4, -0.2) is 11.1 Å². The Bertz CT molecular complexity index is 331. The molecule has 2 nitrogen and oxygen atoms in total. The molecule has 0 bridgehead atoms. The lowest BCUT2D eigenvalue weighted by Crippen LogP contribution is -2.20. The first-order valence-corrected chi connectivity index (χ1v) is 7.72. The van der Waals surface area contributed by atoms with Gasteiger partial charge < -0.3 is 9.88 Å². The molecule has 0 saturated heterocycles. The molecule has 1 N–H and O–H groups in total. The van der Waals surface area contributed by atoms with Crippen LogP contribution in [0.4, 0.5) is 0 Å². The van der Waals surface area contributed by atoms with Gasteiger partial charge in [-0.15, -0.1) is 0 Å². The predicted molar refractivity (Wildman–Crippen MR) is 77.7 cm³/mol. The van der Waals surface area contributed by atoms with Crippen molar-refractivity contribution < 1.29 is 0 Å². The minimum absolute atomic E-state index is 0.546. The first kappa shape index (κ1) is 13.7. The first-order chi connectivity index (χ1) is 8.83. The van der Waals surface area contributed by atoms with Crippen LogP contribution in [0, 0.1) is 5.92 Å². The summed E-state index contributed by atoms with van der Waals surface area (Å²) in [7, 11) is 0. The molecule has 2 rings (SSSR count). The van der Waals surface area contributed by atoms with E-state index in [1.54, 1.807) is 0 Å². The lowest BCUT2D eigenvalue weighted by atomic mass is 10.1. The molecule has 1 fully saturated rings. The van der Waals surface area contributed by atoms with Crippen molar-refractivity contribution in [3.05, 3.63) is 24.0 Å². The van der Waals surface area contributed by atoms with Crippen LogP contribution in [0.1, 0.15) is 64.0 Å². The van der Waals surface area contributed by atoms with Crippen LogP contribution >= 0.6 is 0 Å². The molecular weight excluding hydrogens is 220 g/mol. The smallest absolute Gasteiger partial charge is 0.0335 e. The zero-order valence-corrected chi connectivity index (χ0v) is 12.0. The molecule has 1 aromatic rings. The second kappa shape index (κ2) is 6.98. The molecule has 1 saturated carbocycles. The molecule has 0 aromatic carbocycles. The van der Waals surface area contributed by atoms with E-state index in [2.05, 4.69) is 42.2 Å². The topological polar surface area (TPSA) is 17.0 Å². The predicted octanol–water partition coefficient (Wildman–Crippen LogP) is 4.13. The zero-order valence-electron chi connectivity index (χ0n) is 12.0. The van der Waals surface area contributed by atoms with Gasteiger partial charge in [0.2, 0.25) is 0 Å². The summed E-state index contributed by atoms with van der Waals surface area (Å²) in [4.78, 5) is 0. The summed E-state index contributed by atoms with van der Waals surface area (Å²) < 4.78 is 2.41. The lowest BCUT2D eigenvalue weighted by Gasteiger charge is -2.16. The van der Waals surface area contributed by atoms with Crippen molar-refractivity contribution in [1.82, 2.24) is 9.88 Å². The summed E-state index contributed by atoms with van der Waals surface area (Å²) in [6.07, 6.45) is 12.9. The molecule has 2 heteroatoms. The Morgan fingerprint density at radius 2 is 2.11 bits per heavy atom. The minimum atomic E-state index is 0.546. The van der Waals surface area contributed by atoms with E-state index < -0.39 is 0 Å². The normalized spacial score (nSPS) is 18.3. The molecule has 1 aliphatic carbocycles. The summed E-state index contributed by atoms with van der Waals surface area (Å²) in [5.41, 5.74) is 1.47. The van der Waals surface area contributed by atoms with Crippen molar-refractivity contribution in [3.63, 3.8) is 0 Å². The van der Waals surface area contributed by atoms with Crippen LogP contribution < -0.4 is 5.32 Å². The van der Waals surface area contributed by atoms with Crippen LogP contribution in [0.25, 0.3) is 0 Å². The number of hydrogen-bond donors (Lipinski definition) is 1. The Balaban J connectivity index is 1.94. The molecule has 1 aliphatic rings. The van der Waals surface area contributed by atoms with Gasteiger partial charge in [-0.3, -0.25) is 0 Å². The van der Waals surface area contributed by atoms with Gasteiger partial charge in [0.25, 0.3) is 0 Å². The van der Waals surface area contributed by atoms with Gasteiger partial charge in [-0.1, -0.05) is 33.1 Å². The van der Waals surface area contributed by atoms with Gasteiger partial charge in [0, 0.05) is 25.0 Å². The number of aromatic nitrogens is 1. The number of nitrogens with one attached hydrogen (secondary N) is 1. The number of hydrogen-bond acceptors (Lipinski definition) is 1. The number of rotatable bonds is 7. The minimum Gasteiger partial charge on any atom is -0.354 e. The maximum atomic E-state index is 3.59. The Labute approximate surface area is 112 Å². The fourth-order valence-electron chi connectivity index (χ4n) is 3.19. The Kier molecular flexibility index (Phi) is 5.30. The van der Waals surface area contributed by atoms with Crippen LogP contribution in [0.15, 0.2) is 18.5 Å². The SMILES string of the molecule is CCCC(NCC)c1ccn(CC2CCCC2)c1. The van der Waals surface area contributed by atoms with Gasteiger partial charge in [0.15, 0.2) is 0 Å². The molecule has 1 heterocycles. The maximum Gasteiger partial charge on any atom is 0.0335 e. The second-order valence-electron chi connectivity index (χ2n) is 5.69. The van der Waals surface area contributed by atoms with Crippen molar-refractivity contribution >= 4 is 0 Å². The van der Waals surface area contributed by atoms with E-state index in [0.29, 0.717) is 6.04 Å². The fourth-order valence-corrected chi connectivity index (χ4v) is 3.19. The molecule has 1 aromatic heterocycles. The lowest BCUT2D eigenvalue weighted by molar-refractivity contribution is 0.455. The second-order valence-corrected chi connectivity index (χ2v) is 5.69. The van der Waals surface area contributed by atoms with Crippen molar-refractivity contribution in [2.24, 2.45) is 5.92 Å². The highest BCUT2D eigenvalue weighted by atomic mass is 15.0. The van der Waals surface area contributed by atoms with E-state index in [-0.39, 0.29) is 0 Å². The molecule has 1 atom stereocenters. The van der Waals surface area contributed by atoms with Gasteiger partial charge in [-0.2, -0.15) is 0 Å². The van der Waals surface area contributed by atoms with E-state index in [1.165, 1.54) is 50.6 Å². The molecule has 0 spiro atoms. The molecule has 0 amide bonds. The Morgan fingerprint density at radius 3 is 2.78 bits per heavy atom. The Hall–Kier alpha value is -0.760. The number of nitrogens with zero attached hydrogens (tertiary/aromatic N) is 1. The third kappa shape index (κ3) is 3.61. The van der Waals surface area contributed by atoms with Crippen LogP contribution in [0.5, 0.6) is 0 Å². The van der Waals surface area contributed by atoms with Crippen molar-refractivity contribution in [3.8, 4) is 0 Å². The molecular formula is C16H28N2. The standard InChI is InChI=1S/C16H28N2/c1-3-7-16(17-4-2)15-10-11-18(13-15)12-14-8-5-6-9-14/h10-11,13-14,16-17H,3-9,12H2,1-2H3. The monoisotopic (exact) mass is 248 g/mol. The van der Waals surface area contributed by atoms with E-state index in [1.807, 2.05) is 0 Å². The zero-order chi connectivity index (χ0) is 12.8. The largest absolute Gasteiger partial charge is 0.354 e. The molecule has 102 valence electrons. The van der Waals surface area contributed by atoms with Crippen molar-refractivity contribution in [2.75, 3.05) is 6.54 Å². The summed E-state index contributed by atoms with van der Waals surface area (Å²) >= 11 is 0. The van der Waals surface area contributed by atoms with E-state index >= 15 is 0 Å². The highest BCUT2D eigenvalue weighted by Gasteiger charge is 2.16. The fraction of sp³-hybridized carbons (Fsp3) is 0.750. The van der Waals surface area contributed by atoms with E-state index in [9.17, 15) is 0 Å². The van der Waals surface area contributed by atoms with Crippen molar-refractivity contribution in [2.45, 2.75) is 65.0 Å². The molecule has 18 heavy (non-hydrogen) atoms. The average Bonchev–Trinajstić information content (AvgIpc) is 3.01. The quantitative estimate of drug-likeness (QED) is 0.767. The summed E-state index contributed by atoms with van der Waals surface area (Å²) in [5, 5.41) is 3.59. The summed E-state index contributed by atoms with van der Waals surface area (Å²) in [5.74, 6) is 0.925. The average molecular weight is 248 g/mol. The summed E-state index contributed by atoms with van der Waals surface area (Å²) in [6.45, 7) is 6.74. The third-order valence-electron chi connectivity index (χ3n) is 4.15. The van der Waals surface area contributed by atoms with Crippen LogP contribution in [0.2, 0.25) is 0 Å². The van der Waals surface area contributed by atoms with Gasteiger partial charge in [0.05, 0.1) is 0 Å². The van der Waals surface area contributed by atoms with Crippen molar-refractivity contribution in [1.29, 1.82) is 0 Å². The maximum absolute atomic E-state index is 3.59. The van der Waals surface area contributed by atoms with E-state index in [4.69, 9.17) is 0 Å². The molecule has 1 unspecified atom stereocenters. The highest BCUT2D eigenvalue weighted by molar-refractivity contribution is 5.15. The van der Waals surface area contributed by atoms with Crippen LogP contribution in [0.3, 0.4) is 0 Å². The van der Waals surface area contributed by atoms with E-state index in [0.717, 1.165) is 12.5 Å². The van der Waals surface area contributed by atoms with Crippen LogP contribution in [-0.2, 0) is 6.54 Å². The molecule has 0 radical (unpaired) electrons. The third-order valence-corrected chi connectivity index (χ3v) is 4.15. The first-order valence-electron chi connectivity index (χ1n) is 7.72. The van der Waals surface area contributed by atoms with Gasteiger partial charge in [-0.25, -0.2) is 0 Å². The van der Waals surface area contributed by atoms with Gasteiger partial charge >= 0.3 is 0 Å². The van der Waals surface area contributed by atoms with Gasteiger partial charge in [0.1, 0.15) is 0 Å². The molecule has 0 aliphatic heterocycles. The summed E-state index contributed by atoms with van der Waals surface area (Å²) in [6, 6.07) is 2.85. The van der Waals surface area contributed by atoms with Gasteiger partial charge in [-0.05, 0) is 43.4 Å².